The Labute approximate surface area is 187 Å². The van der Waals surface area contributed by atoms with E-state index in [1.165, 1.54) is 0 Å². The third-order valence-corrected chi connectivity index (χ3v) is 5.37. The Morgan fingerprint density at radius 1 is 0.969 bits per heavy atom. The van der Waals surface area contributed by atoms with Crippen molar-refractivity contribution >= 4 is 11.9 Å². The molecule has 1 aliphatic rings. The molecule has 0 amide bonds. The predicted octanol–water partition coefficient (Wildman–Crippen LogP) is 1.70. The average Bonchev–Trinajstić information content (AvgIpc) is 3.12. The fourth-order valence-electron chi connectivity index (χ4n) is 3.61. The first-order valence-electron chi connectivity index (χ1n) is 10.3. The fourth-order valence-corrected chi connectivity index (χ4v) is 3.61. The standard InChI is InChI=1S/C24H29NO7/c1-28-11-9-25(10-12-29-2)15-18-19(26)7-6-17-23(27)22(32-24(17)18)14-16-5-8-20(30-3)21(13-16)31-4/h5-8,13-14,26H,9-12,15H2,1-4H3/p+1/b22-14-. The SMILES string of the molecule is COCC[NH+](CCOC)Cc1c(O)ccc2c1O/C(=C\c1ccc(OC)c(OC)c1)C2=O. The number of ether oxygens (including phenoxy) is 5. The molecular formula is C24H30NO7+. The highest BCUT2D eigenvalue weighted by Crippen LogP contribution is 2.39. The third kappa shape index (κ3) is 5.21. The molecule has 0 saturated carbocycles. The zero-order valence-corrected chi connectivity index (χ0v) is 18.9. The molecule has 0 radical (unpaired) electrons. The van der Waals surface area contributed by atoms with E-state index in [0.29, 0.717) is 48.1 Å². The smallest absolute Gasteiger partial charge is 0.231 e. The van der Waals surface area contributed by atoms with E-state index in [0.717, 1.165) is 23.6 Å². The highest BCUT2D eigenvalue weighted by molar-refractivity contribution is 6.15. The van der Waals surface area contributed by atoms with Crippen LogP contribution in [0.25, 0.3) is 6.08 Å². The molecule has 1 heterocycles. The molecule has 1 aliphatic heterocycles. The monoisotopic (exact) mass is 444 g/mol. The number of aromatic hydroxyl groups is 1. The van der Waals surface area contributed by atoms with E-state index >= 15 is 0 Å². The molecule has 0 saturated heterocycles. The number of hydrogen-bond donors (Lipinski definition) is 2. The summed E-state index contributed by atoms with van der Waals surface area (Å²) in [5.41, 5.74) is 1.76. The van der Waals surface area contributed by atoms with Crippen LogP contribution >= 0.6 is 0 Å². The van der Waals surface area contributed by atoms with E-state index in [9.17, 15) is 9.90 Å². The number of hydrogen-bond acceptors (Lipinski definition) is 7. The van der Waals surface area contributed by atoms with Gasteiger partial charge in [-0.2, -0.15) is 0 Å². The minimum atomic E-state index is -0.230. The van der Waals surface area contributed by atoms with Crippen LogP contribution in [0.15, 0.2) is 36.1 Å². The molecular weight excluding hydrogens is 414 g/mol. The maximum Gasteiger partial charge on any atom is 0.231 e. The number of quaternary nitrogens is 1. The van der Waals surface area contributed by atoms with Crippen LogP contribution in [0.5, 0.6) is 23.0 Å². The Morgan fingerprint density at radius 3 is 2.28 bits per heavy atom. The summed E-state index contributed by atoms with van der Waals surface area (Å²) in [6, 6.07) is 8.48. The molecule has 0 atom stereocenters. The Kier molecular flexibility index (Phi) is 8.10. The van der Waals surface area contributed by atoms with Gasteiger partial charge < -0.3 is 33.7 Å². The van der Waals surface area contributed by atoms with Crippen LogP contribution in [0, 0.1) is 0 Å². The molecule has 0 aromatic heterocycles. The maximum absolute atomic E-state index is 13.0. The molecule has 2 aromatic rings. The number of fused-ring (bicyclic) bond motifs is 1. The number of allylic oxidation sites excluding steroid dienone is 1. The molecule has 2 N–H and O–H groups in total. The lowest BCUT2D eigenvalue weighted by Gasteiger charge is -2.20. The lowest BCUT2D eigenvalue weighted by molar-refractivity contribution is -0.914. The number of ketones is 1. The average molecular weight is 445 g/mol. The maximum atomic E-state index is 13.0. The third-order valence-electron chi connectivity index (χ3n) is 5.37. The second kappa shape index (κ2) is 11.0. The van der Waals surface area contributed by atoms with E-state index in [4.69, 9.17) is 23.7 Å². The number of Topliss-reactive ketones (excluding diaryl/α,β-unsaturated/α-hetero) is 1. The summed E-state index contributed by atoms with van der Waals surface area (Å²) in [6.07, 6.45) is 1.66. The van der Waals surface area contributed by atoms with Gasteiger partial charge in [0.25, 0.3) is 0 Å². The lowest BCUT2D eigenvalue weighted by Crippen LogP contribution is -3.11. The fraction of sp³-hybridized carbons (Fsp3) is 0.375. The first kappa shape index (κ1) is 23.6. The Balaban J connectivity index is 1.90. The van der Waals surface area contributed by atoms with Crippen molar-refractivity contribution in [1.82, 2.24) is 0 Å². The van der Waals surface area contributed by atoms with Crippen LogP contribution < -0.4 is 19.1 Å². The topological polar surface area (TPSA) is 87.9 Å². The molecule has 8 heteroatoms. The summed E-state index contributed by atoms with van der Waals surface area (Å²) in [4.78, 5) is 14.1. The van der Waals surface area contributed by atoms with Gasteiger partial charge in [0, 0.05) is 14.2 Å². The normalized spacial score (nSPS) is 14.0. The van der Waals surface area contributed by atoms with E-state index in [-0.39, 0.29) is 17.3 Å². The van der Waals surface area contributed by atoms with E-state index in [1.807, 2.05) is 6.07 Å². The summed E-state index contributed by atoms with van der Waals surface area (Å²) in [7, 11) is 6.42. The van der Waals surface area contributed by atoms with Crippen LogP contribution in [-0.4, -0.2) is 65.6 Å². The summed E-state index contributed by atoms with van der Waals surface area (Å²) in [5, 5.41) is 10.5. The van der Waals surface area contributed by atoms with Crippen molar-refractivity contribution in [2.75, 3.05) is 54.7 Å². The van der Waals surface area contributed by atoms with Gasteiger partial charge in [0.05, 0.1) is 38.6 Å². The summed E-state index contributed by atoms with van der Waals surface area (Å²) in [6.45, 7) is 3.06. The number of phenols is 1. The highest BCUT2D eigenvalue weighted by Gasteiger charge is 2.32. The predicted molar refractivity (Wildman–Crippen MR) is 119 cm³/mol. The molecule has 3 rings (SSSR count). The number of carbonyl (C=O) groups excluding carboxylic acids is 1. The summed E-state index contributed by atoms with van der Waals surface area (Å²) in [5.74, 6) is 1.60. The molecule has 0 fully saturated rings. The minimum Gasteiger partial charge on any atom is -0.507 e. The van der Waals surface area contributed by atoms with Gasteiger partial charge in [-0.05, 0) is 35.9 Å². The second-order valence-electron chi connectivity index (χ2n) is 7.41. The largest absolute Gasteiger partial charge is 0.507 e. The quantitative estimate of drug-likeness (QED) is 0.510. The van der Waals surface area contributed by atoms with Crippen LogP contribution in [0.1, 0.15) is 21.5 Å². The van der Waals surface area contributed by atoms with Gasteiger partial charge in [0.1, 0.15) is 25.4 Å². The zero-order valence-electron chi connectivity index (χ0n) is 18.9. The number of carbonyl (C=O) groups is 1. The zero-order chi connectivity index (χ0) is 23.1. The van der Waals surface area contributed by atoms with E-state index in [1.54, 1.807) is 58.8 Å². The highest BCUT2D eigenvalue weighted by atomic mass is 16.5. The van der Waals surface area contributed by atoms with E-state index < -0.39 is 0 Å². The molecule has 8 nitrogen and oxygen atoms in total. The van der Waals surface area contributed by atoms with Gasteiger partial charge >= 0.3 is 0 Å². The summed E-state index contributed by atoms with van der Waals surface area (Å²) < 4.78 is 27.0. The second-order valence-corrected chi connectivity index (χ2v) is 7.41. The van der Waals surface area contributed by atoms with Gasteiger partial charge in [-0.3, -0.25) is 4.79 Å². The lowest BCUT2D eigenvalue weighted by atomic mass is 10.0. The summed E-state index contributed by atoms with van der Waals surface area (Å²) >= 11 is 0. The number of nitrogens with one attached hydrogen (secondary N) is 1. The Bertz CT molecular complexity index is 979. The van der Waals surface area contributed by atoms with Gasteiger partial charge in [0.15, 0.2) is 23.0 Å². The number of methoxy groups -OCH3 is 4. The van der Waals surface area contributed by atoms with Crippen molar-refractivity contribution < 1.29 is 38.5 Å². The molecule has 2 aromatic carbocycles. The van der Waals surface area contributed by atoms with Crippen molar-refractivity contribution in [2.24, 2.45) is 0 Å². The van der Waals surface area contributed by atoms with Gasteiger partial charge in [-0.1, -0.05) is 6.07 Å². The first-order valence-corrected chi connectivity index (χ1v) is 10.3. The number of phenolic OH excluding ortho intramolecular Hbond substituents is 1. The molecule has 0 bridgehead atoms. The van der Waals surface area contributed by atoms with Gasteiger partial charge in [0.2, 0.25) is 5.78 Å². The molecule has 0 aliphatic carbocycles. The Morgan fingerprint density at radius 2 is 1.66 bits per heavy atom. The van der Waals surface area contributed by atoms with Crippen molar-refractivity contribution in [3.05, 3.63) is 52.8 Å². The number of benzene rings is 2. The Hall–Kier alpha value is -3.07. The van der Waals surface area contributed by atoms with Gasteiger partial charge in [-0.25, -0.2) is 0 Å². The van der Waals surface area contributed by atoms with Crippen LogP contribution in [0.3, 0.4) is 0 Å². The van der Waals surface area contributed by atoms with Crippen LogP contribution in [0.4, 0.5) is 0 Å². The molecule has 172 valence electrons. The first-order chi connectivity index (χ1) is 15.5. The molecule has 0 unspecified atom stereocenters. The number of rotatable bonds is 11. The van der Waals surface area contributed by atoms with Crippen molar-refractivity contribution in [3.63, 3.8) is 0 Å². The van der Waals surface area contributed by atoms with Gasteiger partial charge in [-0.15, -0.1) is 0 Å². The van der Waals surface area contributed by atoms with E-state index in [2.05, 4.69) is 0 Å². The van der Waals surface area contributed by atoms with Crippen molar-refractivity contribution in [2.45, 2.75) is 6.54 Å². The van der Waals surface area contributed by atoms with Crippen LogP contribution in [-0.2, 0) is 16.0 Å². The van der Waals surface area contributed by atoms with Crippen LogP contribution in [0.2, 0.25) is 0 Å². The minimum absolute atomic E-state index is 0.0938. The van der Waals surface area contributed by atoms with Crippen molar-refractivity contribution in [1.29, 1.82) is 0 Å². The molecule has 32 heavy (non-hydrogen) atoms. The van der Waals surface area contributed by atoms with Crippen molar-refractivity contribution in [3.8, 4) is 23.0 Å². The molecule has 0 spiro atoms.